The molecule has 0 saturated carbocycles. The lowest BCUT2D eigenvalue weighted by molar-refractivity contribution is -0.384. The van der Waals surface area contributed by atoms with Gasteiger partial charge in [0.1, 0.15) is 6.61 Å². The van der Waals surface area contributed by atoms with Crippen molar-refractivity contribution in [3.63, 3.8) is 0 Å². The second-order valence-corrected chi connectivity index (χ2v) is 5.13. The summed E-state index contributed by atoms with van der Waals surface area (Å²) in [6, 6.07) is 1.29. The van der Waals surface area contributed by atoms with Gasteiger partial charge in [-0.05, 0) is 0 Å². The van der Waals surface area contributed by atoms with Gasteiger partial charge in [0.25, 0.3) is 15.8 Å². The van der Waals surface area contributed by atoms with E-state index >= 15 is 0 Å². The molecule has 1 aromatic heterocycles. The highest BCUT2D eigenvalue weighted by molar-refractivity contribution is 7.85. The SMILES string of the molecule is CS(=O)(=O)OCc1cc([N+](=O)[O-])cs1. The lowest BCUT2D eigenvalue weighted by Crippen LogP contribution is -2.01. The molecule has 0 amide bonds. The van der Waals surface area contributed by atoms with Crippen molar-refractivity contribution in [2.45, 2.75) is 6.61 Å². The molecule has 0 aliphatic carbocycles. The van der Waals surface area contributed by atoms with Gasteiger partial charge in [-0.3, -0.25) is 14.3 Å². The first-order valence-corrected chi connectivity index (χ1v) is 6.14. The highest BCUT2D eigenvalue weighted by atomic mass is 32.2. The van der Waals surface area contributed by atoms with E-state index in [1.165, 1.54) is 11.4 Å². The van der Waals surface area contributed by atoms with Crippen LogP contribution in [-0.2, 0) is 20.9 Å². The third-order valence-corrected chi connectivity index (χ3v) is 2.71. The van der Waals surface area contributed by atoms with Crippen molar-refractivity contribution in [1.82, 2.24) is 0 Å². The molecular weight excluding hydrogens is 230 g/mol. The first kappa shape index (κ1) is 11.1. The molecule has 14 heavy (non-hydrogen) atoms. The third-order valence-electron chi connectivity index (χ3n) is 1.27. The van der Waals surface area contributed by atoms with Crippen molar-refractivity contribution >= 4 is 27.1 Å². The van der Waals surface area contributed by atoms with Crippen LogP contribution in [0.3, 0.4) is 0 Å². The second-order valence-electron chi connectivity index (χ2n) is 2.49. The minimum Gasteiger partial charge on any atom is -0.265 e. The Morgan fingerprint density at radius 2 is 2.29 bits per heavy atom. The third kappa shape index (κ3) is 3.40. The molecule has 0 radical (unpaired) electrons. The fourth-order valence-electron chi connectivity index (χ4n) is 0.706. The van der Waals surface area contributed by atoms with Crippen molar-refractivity contribution in [1.29, 1.82) is 0 Å². The smallest absolute Gasteiger partial charge is 0.265 e. The average molecular weight is 237 g/mol. The largest absolute Gasteiger partial charge is 0.280 e. The van der Waals surface area contributed by atoms with E-state index in [2.05, 4.69) is 4.18 Å². The van der Waals surface area contributed by atoms with Gasteiger partial charge in [-0.1, -0.05) is 0 Å². The Labute approximate surface area is 84.4 Å². The van der Waals surface area contributed by atoms with Crippen LogP contribution in [0.4, 0.5) is 5.69 Å². The van der Waals surface area contributed by atoms with E-state index in [-0.39, 0.29) is 12.3 Å². The van der Waals surface area contributed by atoms with E-state index in [1.807, 2.05) is 0 Å². The van der Waals surface area contributed by atoms with E-state index in [1.54, 1.807) is 0 Å². The molecule has 0 N–H and O–H groups in total. The summed E-state index contributed by atoms with van der Waals surface area (Å²) < 4.78 is 25.7. The van der Waals surface area contributed by atoms with Gasteiger partial charge >= 0.3 is 0 Å². The molecule has 0 unspecified atom stereocenters. The molecule has 0 aromatic carbocycles. The van der Waals surface area contributed by atoms with Crippen molar-refractivity contribution in [3.8, 4) is 0 Å². The fourth-order valence-corrected chi connectivity index (χ4v) is 1.86. The predicted octanol–water partition coefficient (Wildman–Crippen LogP) is 1.13. The zero-order valence-corrected chi connectivity index (χ0v) is 8.80. The van der Waals surface area contributed by atoms with Crippen LogP contribution in [0.5, 0.6) is 0 Å². The van der Waals surface area contributed by atoms with Crippen molar-refractivity contribution < 1.29 is 17.5 Å². The summed E-state index contributed by atoms with van der Waals surface area (Å²) in [5.41, 5.74) is -0.0536. The second kappa shape index (κ2) is 4.03. The molecule has 0 spiro atoms. The number of hydrogen-bond acceptors (Lipinski definition) is 6. The Morgan fingerprint density at radius 3 is 2.71 bits per heavy atom. The molecule has 0 aliphatic rings. The van der Waals surface area contributed by atoms with Crippen LogP contribution in [0.2, 0.25) is 0 Å². The van der Waals surface area contributed by atoms with Gasteiger partial charge in [-0.25, -0.2) is 0 Å². The minimum absolute atomic E-state index is 0.0536. The average Bonchev–Trinajstić information content (AvgIpc) is 2.47. The summed E-state index contributed by atoms with van der Waals surface area (Å²) in [6.45, 7) is -0.155. The molecule has 1 heterocycles. The van der Waals surface area contributed by atoms with Gasteiger partial charge in [-0.15, -0.1) is 11.3 Å². The zero-order chi connectivity index (χ0) is 10.8. The summed E-state index contributed by atoms with van der Waals surface area (Å²) in [5, 5.41) is 11.6. The highest BCUT2D eigenvalue weighted by Gasteiger charge is 2.10. The Balaban J connectivity index is 2.65. The maximum absolute atomic E-state index is 10.6. The minimum atomic E-state index is -3.50. The van der Waals surface area contributed by atoms with Crippen LogP contribution in [0.15, 0.2) is 11.4 Å². The van der Waals surface area contributed by atoms with E-state index in [0.717, 1.165) is 17.6 Å². The molecule has 0 atom stereocenters. The summed E-state index contributed by atoms with van der Waals surface area (Å²) in [5.74, 6) is 0. The van der Waals surface area contributed by atoms with Crippen LogP contribution < -0.4 is 0 Å². The van der Waals surface area contributed by atoms with Crippen LogP contribution in [0, 0.1) is 10.1 Å². The standard InChI is InChI=1S/C6H7NO5S2/c1-14(10,11)12-3-6-2-5(4-13-6)7(8)9/h2,4H,3H2,1H3. The van der Waals surface area contributed by atoms with Crippen LogP contribution in [0.25, 0.3) is 0 Å². The van der Waals surface area contributed by atoms with Crippen LogP contribution in [-0.4, -0.2) is 19.6 Å². The fraction of sp³-hybridized carbons (Fsp3) is 0.333. The van der Waals surface area contributed by atoms with Crippen LogP contribution >= 0.6 is 11.3 Å². The zero-order valence-electron chi connectivity index (χ0n) is 7.17. The van der Waals surface area contributed by atoms with Crippen molar-refractivity contribution in [2.24, 2.45) is 0 Å². The molecule has 6 nitrogen and oxygen atoms in total. The molecule has 0 bridgehead atoms. The Kier molecular flexibility index (Phi) is 3.19. The number of nitro groups is 1. The first-order valence-electron chi connectivity index (χ1n) is 3.45. The van der Waals surface area contributed by atoms with E-state index in [4.69, 9.17) is 0 Å². The predicted molar refractivity (Wildman–Crippen MR) is 50.6 cm³/mol. The van der Waals surface area contributed by atoms with E-state index in [9.17, 15) is 18.5 Å². The maximum atomic E-state index is 10.6. The molecule has 0 fully saturated rings. The normalized spacial score (nSPS) is 11.5. The van der Waals surface area contributed by atoms with Gasteiger partial charge in [-0.2, -0.15) is 8.42 Å². The highest BCUT2D eigenvalue weighted by Crippen LogP contribution is 2.22. The van der Waals surface area contributed by atoms with Crippen LogP contribution in [0.1, 0.15) is 4.88 Å². The summed E-state index contributed by atoms with van der Waals surface area (Å²) >= 11 is 1.09. The Hall–Kier alpha value is -0.990. The lowest BCUT2D eigenvalue weighted by Gasteiger charge is -1.96. The maximum Gasteiger partial charge on any atom is 0.280 e. The topological polar surface area (TPSA) is 86.5 Å². The number of thiophene rings is 1. The first-order chi connectivity index (χ1) is 6.38. The Bertz CT molecular complexity index is 435. The van der Waals surface area contributed by atoms with Crippen molar-refractivity contribution in [3.05, 3.63) is 26.4 Å². The number of hydrogen-bond donors (Lipinski definition) is 0. The van der Waals surface area contributed by atoms with Gasteiger partial charge in [0.05, 0.1) is 16.6 Å². The summed E-state index contributed by atoms with van der Waals surface area (Å²) in [6.07, 6.45) is 0.926. The quantitative estimate of drug-likeness (QED) is 0.445. The number of nitrogens with zero attached hydrogens (tertiary/aromatic N) is 1. The van der Waals surface area contributed by atoms with Gasteiger partial charge < -0.3 is 0 Å². The summed E-state index contributed by atoms with van der Waals surface area (Å²) in [7, 11) is -3.50. The molecule has 0 saturated heterocycles. The Morgan fingerprint density at radius 1 is 1.64 bits per heavy atom. The van der Waals surface area contributed by atoms with Gasteiger partial charge in [0.2, 0.25) is 0 Å². The van der Waals surface area contributed by atoms with E-state index in [0.29, 0.717) is 4.88 Å². The molecule has 1 rings (SSSR count). The number of rotatable bonds is 4. The van der Waals surface area contributed by atoms with Gasteiger partial charge in [0.15, 0.2) is 0 Å². The molecule has 1 aromatic rings. The molecular formula is C6H7NO5S2. The van der Waals surface area contributed by atoms with Crippen molar-refractivity contribution in [2.75, 3.05) is 6.26 Å². The molecule has 78 valence electrons. The summed E-state index contributed by atoms with van der Waals surface area (Å²) in [4.78, 5) is 10.2. The molecule has 0 aliphatic heterocycles. The lowest BCUT2D eigenvalue weighted by atomic mass is 10.4. The van der Waals surface area contributed by atoms with E-state index < -0.39 is 15.0 Å². The molecule has 8 heteroatoms. The van der Waals surface area contributed by atoms with Gasteiger partial charge in [0, 0.05) is 10.9 Å². The monoisotopic (exact) mass is 237 g/mol.